The molecule has 0 N–H and O–H groups in total. The first-order valence-corrected chi connectivity index (χ1v) is 4.32. The number of benzene rings is 2. The molecule has 1 radical (unpaired) electrons. The Morgan fingerprint density at radius 1 is 0.929 bits per heavy atom. The maximum atomic E-state index is 3.19. The normalized spacial score (nSPS) is 9.21. The molecule has 0 aliphatic carbocycles. The van der Waals surface area contributed by atoms with Crippen LogP contribution < -0.4 is 0 Å². The van der Waals surface area contributed by atoms with Gasteiger partial charge in [0.05, 0.1) is 0 Å². The molecular formula is C13H10Y-2. The average molecular weight is 255 g/mol. The van der Waals surface area contributed by atoms with Crippen LogP contribution in [0.3, 0.4) is 0 Å². The molecule has 0 nitrogen and oxygen atoms in total. The molecule has 0 saturated carbocycles. The number of hydrogen-bond acceptors (Lipinski definition) is 0. The molecule has 0 bridgehead atoms. The summed E-state index contributed by atoms with van der Waals surface area (Å²) in [7, 11) is 0. The van der Waals surface area contributed by atoms with E-state index in [-0.39, 0.29) is 32.7 Å². The molecule has 1 heteroatoms. The molecule has 0 aliphatic heterocycles. The molecular weight excluding hydrogens is 245 g/mol. The summed E-state index contributed by atoms with van der Waals surface area (Å²) in [4.78, 5) is 0. The summed E-state index contributed by atoms with van der Waals surface area (Å²) in [6.45, 7) is 2.08. The van der Waals surface area contributed by atoms with Gasteiger partial charge < -0.3 is 0 Å². The summed E-state index contributed by atoms with van der Waals surface area (Å²) in [5.74, 6) is 0. The number of aryl methyl sites for hydroxylation is 1. The smallest absolute Gasteiger partial charge is 0 e. The van der Waals surface area contributed by atoms with Gasteiger partial charge in [0.1, 0.15) is 0 Å². The van der Waals surface area contributed by atoms with Crippen LogP contribution in [0.5, 0.6) is 0 Å². The van der Waals surface area contributed by atoms with Crippen LogP contribution in [0.4, 0.5) is 0 Å². The topological polar surface area (TPSA) is 0 Å². The minimum atomic E-state index is 0. The van der Waals surface area contributed by atoms with Crippen molar-refractivity contribution in [2.75, 3.05) is 0 Å². The Balaban J connectivity index is 0.000000980. The molecule has 0 fully saturated rings. The Morgan fingerprint density at radius 2 is 1.71 bits per heavy atom. The maximum absolute atomic E-state index is 3.19. The molecule has 67 valence electrons. The molecule has 0 aromatic heterocycles. The minimum Gasteiger partial charge on any atom is -0.226 e. The summed E-state index contributed by atoms with van der Waals surface area (Å²) in [6, 6.07) is 20.4. The summed E-state index contributed by atoms with van der Waals surface area (Å²) in [5, 5.41) is 0. The van der Waals surface area contributed by atoms with Crippen molar-refractivity contribution in [3.8, 4) is 11.1 Å². The summed E-state index contributed by atoms with van der Waals surface area (Å²) in [6.07, 6.45) is 0. The van der Waals surface area contributed by atoms with Crippen molar-refractivity contribution in [2.24, 2.45) is 0 Å². The van der Waals surface area contributed by atoms with E-state index in [0.717, 1.165) is 11.1 Å². The first-order valence-electron chi connectivity index (χ1n) is 4.32. The molecule has 2 rings (SSSR count). The van der Waals surface area contributed by atoms with Gasteiger partial charge in [-0.2, -0.15) is 42.5 Å². The largest absolute Gasteiger partial charge is 0.226 e. The predicted molar refractivity (Wildman–Crippen MR) is 54.3 cm³/mol. The summed E-state index contributed by atoms with van der Waals surface area (Å²) >= 11 is 0. The van der Waals surface area contributed by atoms with Crippen LogP contribution in [-0.4, -0.2) is 0 Å². The van der Waals surface area contributed by atoms with Crippen molar-refractivity contribution in [3.63, 3.8) is 0 Å². The molecule has 0 atom stereocenters. The Morgan fingerprint density at radius 3 is 2.36 bits per heavy atom. The molecule has 14 heavy (non-hydrogen) atoms. The average Bonchev–Trinajstić information content (AvgIpc) is 2.19. The zero-order valence-corrected chi connectivity index (χ0v) is 11.0. The quantitative estimate of drug-likeness (QED) is 0.686. The van der Waals surface area contributed by atoms with Crippen LogP contribution in [-0.2, 0) is 32.7 Å². The molecule has 0 amide bonds. The van der Waals surface area contributed by atoms with Crippen LogP contribution in [0.25, 0.3) is 11.1 Å². The number of hydrogen-bond donors (Lipinski definition) is 0. The van der Waals surface area contributed by atoms with E-state index in [9.17, 15) is 0 Å². The van der Waals surface area contributed by atoms with Gasteiger partial charge in [-0.25, -0.2) is 11.1 Å². The first-order chi connectivity index (χ1) is 6.36. The van der Waals surface area contributed by atoms with Crippen LogP contribution in [0.1, 0.15) is 5.56 Å². The van der Waals surface area contributed by atoms with Gasteiger partial charge in [0.2, 0.25) is 0 Å². The Bertz CT molecular complexity index is 393. The Labute approximate surface area is 110 Å². The van der Waals surface area contributed by atoms with E-state index in [0.29, 0.717) is 0 Å². The predicted octanol–water partition coefficient (Wildman–Crippen LogP) is 3.26. The van der Waals surface area contributed by atoms with Gasteiger partial charge in [-0.1, -0.05) is 6.92 Å². The fourth-order valence-corrected chi connectivity index (χ4v) is 1.30. The van der Waals surface area contributed by atoms with Crippen molar-refractivity contribution in [2.45, 2.75) is 6.92 Å². The van der Waals surface area contributed by atoms with Gasteiger partial charge in [-0.05, 0) is 0 Å². The van der Waals surface area contributed by atoms with Crippen LogP contribution in [0, 0.1) is 19.1 Å². The molecule has 0 unspecified atom stereocenters. The maximum Gasteiger partial charge on any atom is 0 e. The van der Waals surface area contributed by atoms with Gasteiger partial charge >= 0.3 is 0 Å². The second-order valence-corrected chi connectivity index (χ2v) is 3.06. The molecule has 2 aromatic carbocycles. The Hall–Kier alpha value is -0.456. The van der Waals surface area contributed by atoms with E-state index < -0.39 is 0 Å². The van der Waals surface area contributed by atoms with Crippen molar-refractivity contribution in [1.82, 2.24) is 0 Å². The SMILES string of the molecule is Cc1cc[c-]c(-c2[c-]cccc2)c1.[Y]. The monoisotopic (exact) mass is 255 g/mol. The summed E-state index contributed by atoms with van der Waals surface area (Å²) in [5.41, 5.74) is 3.47. The minimum absolute atomic E-state index is 0. The van der Waals surface area contributed by atoms with Crippen molar-refractivity contribution < 1.29 is 32.7 Å². The van der Waals surface area contributed by atoms with Crippen molar-refractivity contribution in [3.05, 3.63) is 60.2 Å². The number of rotatable bonds is 1. The van der Waals surface area contributed by atoms with Gasteiger partial charge in [0.25, 0.3) is 0 Å². The van der Waals surface area contributed by atoms with Crippen molar-refractivity contribution >= 4 is 0 Å². The summed E-state index contributed by atoms with van der Waals surface area (Å²) < 4.78 is 0. The molecule has 2 aromatic rings. The molecule has 0 spiro atoms. The standard InChI is InChI=1S/C13H10.Y/c1-11-6-5-9-13(10-11)12-7-3-2-4-8-12;/h2-7,10H,1H3;/q-2;. The van der Waals surface area contributed by atoms with E-state index in [1.807, 2.05) is 36.4 Å². The Kier molecular flexibility index (Phi) is 4.51. The zero-order valence-electron chi connectivity index (χ0n) is 8.12. The van der Waals surface area contributed by atoms with Crippen molar-refractivity contribution in [1.29, 1.82) is 0 Å². The fraction of sp³-hybridized carbons (Fsp3) is 0.0769. The second-order valence-electron chi connectivity index (χ2n) is 3.06. The van der Waals surface area contributed by atoms with E-state index in [2.05, 4.69) is 25.1 Å². The third-order valence-corrected chi connectivity index (χ3v) is 1.96. The third kappa shape index (κ3) is 2.77. The third-order valence-electron chi connectivity index (χ3n) is 1.96. The van der Waals surface area contributed by atoms with Crippen LogP contribution >= 0.6 is 0 Å². The van der Waals surface area contributed by atoms with Gasteiger partial charge in [0, 0.05) is 32.7 Å². The molecule has 0 heterocycles. The van der Waals surface area contributed by atoms with E-state index in [1.165, 1.54) is 5.56 Å². The van der Waals surface area contributed by atoms with Gasteiger partial charge in [-0.3, -0.25) is 0 Å². The van der Waals surface area contributed by atoms with Crippen LogP contribution in [0.2, 0.25) is 0 Å². The van der Waals surface area contributed by atoms with E-state index in [4.69, 9.17) is 0 Å². The fourth-order valence-electron chi connectivity index (χ4n) is 1.30. The van der Waals surface area contributed by atoms with Gasteiger partial charge in [-0.15, -0.1) is 17.7 Å². The van der Waals surface area contributed by atoms with Gasteiger partial charge in [0.15, 0.2) is 0 Å². The zero-order chi connectivity index (χ0) is 9.10. The first kappa shape index (κ1) is 11.6. The second kappa shape index (κ2) is 5.43. The van der Waals surface area contributed by atoms with E-state index >= 15 is 0 Å². The molecule has 0 aliphatic rings. The van der Waals surface area contributed by atoms with E-state index in [1.54, 1.807) is 0 Å². The molecule has 0 saturated heterocycles. The van der Waals surface area contributed by atoms with Crippen LogP contribution in [0.15, 0.2) is 42.5 Å².